The second-order valence-corrected chi connectivity index (χ2v) is 3.73. The molecular formula is C11H20N4O2. The van der Waals surface area contributed by atoms with Gasteiger partial charge in [0, 0.05) is 25.5 Å². The summed E-state index contributed by atoms with van der Waals surface area (Å²) >= 11 is 0. The number of nitrogens with one attached hydrogen (secondary N) is 1. The summed E-state index contributed by atoms with van der Waals surface area (Å²) in [6, 6.07) is 0. The summed E-state index contributed by atoms with van der Waals surface area (Å²) in [5.41, 5.74) is 4.94. The molecule has 17 heavy (non-hydrogen) atoms. The highest BCUT2D eigenvalue weighted by Gasteiger charge is 2.00. The van der Waals surface area contributed by atoms with Crippen molar-refractivity contribution in [1.82, 2.24) is 14.9 Å². The quantitative estimate of drug-likeness (QED) is 0.590. The van der Waals surface area contributed by atoms with Gasteiger partial charge >= 0.3 is 0 Å². The lowest BCUT2D eigenvalue weighted by Crippen LogP contribution is -2.24. The maximum Gasteiger partial charge on any atom is 0.243 e. The van der Waals surface area contributed by atoms with Crippen LogP contribution in [0.4, 0.5) is 0 Å². The highest BCUT2D eigenvalue weighted by Crippen LogP contribution is 1.98. The third kappa shape index (κ3) is 5.46. The number of primary amides is 1. The second kappa shape index (κ2) is 7.81. The lowest BCUT2D eigenvalue weighted by Gasteiger charge is -2.07. The van der Waals surface area contributed by atoms with Gasteiger partial charge in [0.15, 0.2) is 0 Å². The molecule has 0 aliphatic rings. The minimum atomic E-state index is -0.441. The highest BCUT2D eigenvalue weighted by molar-refractivity contribution is 5.74. The number of carbonyl (C=O) groups excluding carboxylic acids is 1. The molecule has 0 bridgehead atoms. The largest absolute Gasteiger partial charge is 0.370 e. The van der Waals surface area contributed by atoms with Crippen LogP contribution in [0.15, 0.2) is 12.4 Å². The fourth-order valence-corrected chi connectivity index (χ4v) is 1.47. The van der Waals surface area contributed by atoms with Crippen molar-refractivity contribution >= 4 is 5.91 Å². The Bertz CT molecular complexity index is 338. The van der Waals surface area contributed by atoms with Crippen molar-refractivity contribution in [3.05, 3.63) is 18.2 Å². The Morgan fingerprint density at radius 2 is 2.47 bits per heavy atom. The molecule has 0 spiro atoms. The highest BCUT2D eigenvalue weighted by atomic mass is 16.5. The number of carbonyl (C=O) groups is 1. The van der Waals surface area contributed by atoms with Crippen molar-refractivity contribution in [2.45, 2.75) is 26.4 Å². The average molecular weight is 240 g/mol. The monoisotopic (exact) mass is 240 g/mol. The van der Waals surface area contributed by atoms with E-state index in [4.69, 9.17) is 10.5 Å². The van der Waals surface area contributed by atoms with Crippen LogP contribution in [0.2, 0.25) is 0 Å². The smallest absolute Gasteiger partial charge is 0.243 e. The predicted octanol–water partition coefficient (Wildman–Crippen LogP) is -0.115. The van der Waals surface area contributed by atoms with Crippen molar-refractivity contribution in [1.29, 1.82) is 0 Å². The fraction of sp³-hybridized carbons (Fsp3) is 0.636. The molecule has 6 nitrogen and oxygen atoms in total. The van der Waals surface area contributed by atoms with Crippen LogP contribution in [-0.2, 0) is 22.6 Å². The van der Waals surface area contributed by atoms with E-state index >= 15 is 0 Å². The number of rotatable bonds is 9. The first-order chi connectivity index (χ1) is 8.24. The predicted molar refractivity (Wildman–Crippen MR) is 64.2 cm³/mol. The van der Waals surface area contributed by atoms with Gasteiger partial charge in [0.2, 0.25) is 5.91 Å². The van der Waals surface area contributed by atoms with Gasteiger partial charge < -0.3 is 20.4 Å². The van der Waals surface area contributed by atoms with E-state index in [1.807, 2.05) is 6.20 Å². The zero-order valence-electron chi connectivity index (χ0n) is 10.2. The van der Waals surface area contributed by atoms with Crippen molar-refractivity contribution in [3.8, 4) is 0 Å². The van der Waals surface area contributed by atoms with Gasteiger partial charge in [-0.2, -0.15) is 0 Å². The molecule has 1 aromatic heterocycles. The number of ether oxygens (including phenoxy) is 1. The molecule has 0 saturated carbocycles. The summed E-state index contributed by atoms with van der Waals surface area (Å²) in [5, 5.41) is 3.20. The maximum absolute atomic E-state index is 10.4. The summed E-state index contributed by atoms with van der Waals surface area (Å²) in [7, 11) is 0. The molecule has 0 unspecified atom stereocenters. The minimum absolute atomic E-state index is 0.0217. The first-order valence-corrected chi connectivity index (χ1v) is 5.80. The standard InChI is InChI=1S/C11H20N4O2/c1-2-5-15-6-3-14-11(15)8-13-4-7-17-9-10(12)16/h3,6,13H,2,4-5,7-9H2,1H3,(H2,12,16). The molecule has 0 radical (unpaired) electrons. The number of aryl methyl sites for hydroxylation is 1. The molecule has 96 valence electrons. The lowest BCUT2D eigenvalue weighted by molar-refractivity contribution is -0.122. The number of nitrogens with two attached hydrogens (primary N) is 1. The minimum Gasteiger partial charge on any atom is -0.370 e. The van der Waals surface area contributed by atoms with E-state index in [0.717, 1.165) is 18.8 Å². The molecule has 0 atom stereocenters. The molecule has 0 aliphatic heterocycles. The van der Waals surface area contributed by atoms with Crippen LogP contribution in [0.5, 0.6) is 0 Å². The molecule has 1 amide bonds. The van der Waals surface area contributed by atoms with Gasteiger partial charge in [0.25, 0.3) is 0 Å². The average Bonchev–Trinajstić information content (AvgIpc) is 2.71. The van der Waals surface area contributed by atoms with Gasteiger partial charge in [-0.25, -0.2) is 4.98 Å². The van der Waals surface area contributed by atoms with Crippen LogP contribution in [-0.4, -0.2) is 35.2 Å². The summed E-state index contributed by atoms with van der Waals surface area (Å²) in [6.07, 6.45) is 4.87. The SMILES string of the molecule is CCCn1ccnc1CNCCOCC(N)=O. The summed E-state index contributed by atoms with van der Waals surface area (Å²) < 4.78 is 7.15. The van der Waals surface area contributed by atoms with Crippen LogP contribution in [0.1, 0.15) is 19.2 Å². The first kappa shape index (κ1) is 13.7. The Kier molecular flexibility index (Phi) is 6.27. The number of imidazole rings is 1. The Labute approximate surface area is 101 Å². The van der Waals surface area contributed by atoms with Crippen molar-refractivity contribution in [3.63, 3.8) is 0 Å². The number of hydrogen-bond donors (Lipinski definition) is 2. The zero-order valence-corrected chi connectivity index (χ0v) is 10.2. The number of nitrogens with zero attached hydrogens (tertiary/aromatic N) is 2. The van der Waals surface area contributed by atoms with Gasteiger partial charge in [0.05, 0.1) is 13.2 Å². The number of hydrogen-bond acceptors (Lipinski definition) is 4. The molecule has 0 fully saturated rings. The molecular weight excluding hydrogens is 220 g/mol. The Morgan fingerprint density at radius 3 is 3.18 bits per heavy atom. The topological polar surface area (TPSA) is 82.2 Å². The zero-order chi connectivity index (χ0) is 12.5. The molecule has 3 N–H and O–H groups in total. The van der Waals surface area contributed by atoms with E-state index in [-0.39, 0.29) is 6.61 Å². The Morgan fingerprint density at radius 1 is 1.65 bits per heavy atom. The van der Waals surface area contributed by atoms with Gasteiger partial charge in [-0.05, 0) is 6.42 Å². The lowest BCUT2D eigenvalue weighted by atomic mass is 10.4. The van der Waals surface area contributed by atoms with Crippen LogP contribution < -0.4 is 11.1 Å². The van der Waals surface area contributed by atoms with E-state index in [2.05, 4.69) is 21.8 Å². The molecule has 0 aromatic carbocycles. The van der Waals surface area contributed by atoms with Crippen LogP contribution in [0.3, 0.4) is 0 Å². The van der Waals surface area contributed by atoms with Crippen molar-refractivity contribution in [2.24, 2.45) is 5.73 Å². The van der Waals surface area contributed by atoms with Crippen LogP contribution in [0, 0.1) is 0 Å². The second-order valence-electron chi connectivity index (χ2n) is 3.73. The van der Waals surface area contributed by atoms with Crippen LogP contribution >= 0.6 is 0 Å². The van der Waals surface area contributed by atoms with E-state index < -0.39 is 5.91 Å². The Balaban J connectivity index is 2.13. The number of amides is 1. The van der Waals surface area contributed by atoms with E-state index in [1.165, 1.54) is 0 Å². The van der Waals surface area contributed by atoms with E-state index in [1.54, 1.807) is 6.20 Å². The normalized spacial score (nSPS) is 10.6. The van der Waals surface area contributed by atoms with Gasteiger partial charge in [-0.3, -0.25) is 4.79 Å². The van der Waals surface area contributed by atoms with Gasteiger partial charge in [-0.15, -0.1) is 0 Å². The van der Waals surface area contributed by atoms with E-state index in [9.17, 15) is 4.79 Å². The van der Waals surface area contributed by atoms with Crippen LogP contribution in [0.25, 0.3) is 0 Å². The fourth-order valence-electron chi connectivity index (χ4n) is 1.47. The van der Waals surface area contributed by atoms with Crippen molar-refractivity contribution < 1.29 is 9.53 Å². The number of aromatic nitrogens is 2. The maximum atomic E-state index is 10.4. The third-order valence-electron chi connectivity index (χ3n) is 2.22. The van der Waals surface area contributed by atoms with Crippen molar-refractivity contribution in [2.75, 3.05) is 19.8 Å². The van der Waals surface area contributed by atoms with E-state index in [0.29, 0.717) is 19.7 Å². The summed E-state index contributed by atoms with van der Waals surface area (Å²) in [4.78, 5) is 14.7. The van der Waals surface area contributed by atoms with Gasteiger partial charge in [0.1, 0.15) is 12.4 Å². The molecule has 1 heterocycles. The molecule has 1 aromatic rings. The third-order valence-corrected chi connectivity index (χ3v) is 2.22. The summed E-state index contributed by atoms with van der Waals surface area (Å²) in [6.45, 7) is 4.94. The molecule has 0 saturated heterocycles. The van der Waals surface area contributed by atoms with Gasteiger partial charge in [-0.1, -0.05) is 6.92 Å². The summed E-state index contributed by atoms with van der Waals surface area (Å²) in [5.74, 6) is 0.574. The first-order valence-electron chi connectivity index (χ1n) is 5.80. The molecule has 6 heteroatoms. The molecule has 1 rings (SSSR count). The Hall–Kier alpha value is -1.40. The molecule has 0 aliphatic carbocycles.